The van der Waals surface area contributed by atoms with Gasteiger partial charge in [-0.25, -0.2) is 0 Å². The number of hydrogen-bond acceptors (Lipinski definition) is 3. The van der Waals surface area contributed by atoms with Gasteiger partial charge in [0.1, 0.15) is 5.75 Å². The number of hydrogen-bond donors (Lipinski definition) is 1. The molecule has 1 unspecified atom stereocenters. The summed E-state index contributed by atoms with van der Waals surface area (Å²) in [5, 5.41) is 3.57. The van der Waals surface area contributed by atoms with E-state index in [9.17, 15) is 0 Å². The molecule has 1 atom stereocenters. The number of ether oxygens (including phenoxy) is 1. The summed E-state index contributed by atoms with van der Waals surface area (Å²) in [4.78, 5) is 2.22. The van der Waals surface area contributed by atoms with E-state index < -0.39 is 0 Å². The number of benzene rings is 1. The molecule has 0 saturated carbocycles. The number of nitrogens with zero attached hydrogens (tertiary/aromatic N) is 1. The van der Waals surface area contributed by atoms with E-state index >= 15 is 0 Å². The van der Waals surface area contributed by atoms with E-state index in [0.717, 1.165) is 25.4 Å². The van der Waals surface area contributed by atoms with Gasteiger partial charge in [-0.3, -0.25) is 0 Å². The van der Waals surface area contributed by atoms with Crippen LogP contribution in [0, 0.1) is 5.41 Å². The topological polar surface area (TPSA) is 24.5 Å². The number of nitrogens with one attached hydrogen (secondary N) is 1. The molecular formula is C20H34N2O. The SMILES string of the molecule is CC(C)NCC1CCc2cc(OCC(C)(C)CN(C)C)ccc21. The molecule has 2 rings (SSSR count). The van der Waals surface area contributed by atoms with Crippen LogP contribution in [0.25, 0.3) is 0 Å². The third-order valence-electron chi connectivity index (χ3n) is 4.46. The van der Waals surface area contributed by atoms with E-state index in [1.807, 2.05) is 0 Å². The number of aryl methyl sites for hydroxylation is 1. The van der Waals surface area contributed by atoms with Crippen molar-refractivity contribution in [3.8, 4) is 5.75 Å². The predicted molar refractivity (Wildman–Crippen MR) is 98.5 cm³/mol. The van der Waals surface area contributed by atoms with Crippen molar-refractivity contribution in [1.82, 2.24) is 10.2 Å². The Hall–Kier alpha value is -1.06. The Balaban J connectivity index is 1.94. The molecule has 1 aliphatic rings. The van der Waals surface area contributed by atoms with E-state index in [-0.39, 0.29) is 5.41 Å². The first-order chi connectivity index (χ1) is 10.8. The van der Waals surface area contributed by atoms with Crippen molar-refractivity contribution in [2.75, 3.05) is 33.8 Å². The maximum atomic E-state index is 6.09. The molecule has 1 aromatic carbocycles. The molecule has 130 valence electrons. The van der Waals surface area contributed by atoms with E-state index in [1.165, 1.54) is 24.0 Å². The molecule has 0 saturated heterocycles. The zero-order chi connectivity index (χ0) is 17.0. The van der Waals surface area contributed by atoms with Crippen LogP contribution in [0.1, 0.15) is 51.2 Å². The lowest BCUT2D eigenvalue weighted by molar-refractivity contribution is 0.141. The fourth-order valence-electron chi connectivity index (χ4n) is 3.54. The maximum absolute atomic E-state index is 6.09. The minimum Gasteiger partial charge on any atom is -0.493 e. The first-order valence-corrected chi connectivity index (χ1v) is 8.90. The van der Waals surface area contributed by atoms with Crippen molar-refractivity contribution in [2.24, 2.45) is 5.41 Å². The molecular weight excluding hydrogens is 284 g/mol. The molecule has 0 radical (unpaired) electrons. The van der Waals surface area contributed by atoms with Crippen LogP contribution in [0.2, 0.25) is 0 Å². The summed E-state index contributed by atoms with van der Waals surface area (Å²) in [5.74, 6) is 1.68. The Kier molecular flexibility index (Phi) is 6.10. The quantitative estimate of drug-likeness (QED) is 0.791. The van der Waals surface area contributed by atoms with Gasteiger partial charge in [-0.15, -0.1) is 0 Å². The predicted octanol–water partition coefficient (Wildman–Crippen LogP) is 3.68. The average Bonchev–Trinajstić information content (AvgIpc) is 2.84. The highest BCUT2D eigenvalue weighted by molar-refractivity contribution is 5.41. The van der Waals surface area contributed by atoms with Gasteiger partial charge >= 0.3 is 0 Å². The summed E-state index contributed by atoms with van der Waals surface area (Å²) in [6, 6.07) is 7.25. The highest BCUT2D eigenvalue weighted by atomic mass is 16.5. The molecule has 1 aliphatic carbocycles. The summed E-state index contributed by atoms with van der Waals surface area (Å²) >= 11 is 0. The monoisotopic (exact) mass is 318 g/mol. The van der Waals surface area contributed by atoms with E-state index in [4.69, 9.17) is 4.74 Å². The molecule has 1 N–H and O–H groups in total. The second kappa shape index (κ2) is 7.67. The van der Waals surface area contributed by atoms with E-state index in [0.29, 0.717) is 12.0 Å². The van der Waals surface area contributed by atoms with Crippen molar-refractivity contribution in [2.45, 2.75) is 52.5 Å². The minimum atomic E-state index is 0.159. The zero-order valence-corrected chi connectivity index (χ0v) is 15.8. The van der Waals surface area contributed by atoms with Crippen LogP contribution >= 0.6 is 0 Å². The van der Waals surface area contributed by atoms with Gasteiger partial charge in [0, 0.05) is 24.5 Å². The smallest absolute Gasteiger partial charge is 0.119 e. The van der Waals surface area contributed by atoms with Gasteiger partial charge in [-0.05, 0) is 56.1 Å². The molecule has 0 bridgehead atoms. The van der Waals surface area contributed by atoms with Crippen LogP contribution in [0.15, 0.2) is 18.2 Å². The van der Waals surface area contributed by atoms with Gasteiger partial charge in [0.05, 0.1) is 6.61 Å². The van der Waals surface area contributed by atoms with Gasteiger partial charge in [-0.1, -0.05) is 33.8 Å². The largest absolute Gasteiger partial charge is 0.493 e. The van der Waals surface area contributed by atoms with Crippen LogP contribution in [0.5, 0.6) is 5.75 Å². The summed E-state index contributed by atoms with van der Waals surface area (Å²) in [5.41, 5.74) is 3.15. The first-order valence-electron chi connectivity index (χ1n) is 8.90. The van der Waals surface area contributed by atoms with Gasteiger partial charge in [-0.2, -0.15) is 0 Å². The van der Waals surface area contributed by atoms with Crippen LogP contribution in [0.3, 0.4) is 0 Å². The third-order valence-corrected chi connectivity index (χ3v) is 4.46. The minimum absolute atomic E-state index is 0.159. The van der Waals surface area contributed by atoms with Crippen molar-refractivity contribution in [3.63, 3.8) is 0 Å². The van der Waals surface area contributed by atoms with Gasteiger partial charge in [0.25, 0.3) is 0 Å². The normalized spacial score (nSPS) is 17.8. The molecule has 3 heteroatoms. The Morgan fingerprint density at radius 2 is 2.04 bits per heavy atom. The first kappa shape index (κ1) is 18.3. The van der Waals surface area contributed by atoms with Crippen LogP contribution in [-0.2, 0) is 6.42 Å². The Morgan fingerprint density at radius 3 is 2.70 bits per heavy atom. The summed E-state index contributed by atoms with van der Waals surface area (Å²) in [7, 11) is 4.23. The Morgan fingerprint density at radius 1 is 1.30 bits per heavy atom. The lowest BCUT2D eigenvalue weighted by atomic mass is 9.94. The van der Waals surface area contributed by atoms with Crippen molar-refractivity contribution >= 4 is 0 Å². The summed E-state index contributed by atoms with van der Waals surface area (Å²) < 4.78 is 6.09. The van der Waals surface area contributed by atoms with Crippen LogP contribution in [0.4, 0.5) is 0 Å². The summed E-state index contributed by atoms with van der Waals surface area (Å²) in [6.45, 7) is 11.8. The van der Waals surface area contributed by atoms with Gasteiger partial charge in [0.15, 0.2) is 0 Å². The van der Waals surface area contributed by atoms with Crippen molar-refractivity contribution in [1.29, 1.82) is 0 Å². The highest BCUT2D eigenvalue weighted by Gasteiger charge is 2.24. The molecule has 0 fully saturated rings. The number of fused-ring (bicyclic) bond motifs is 1. The molecule has 3 nitrogen and oxygen atoms in total. The molecule has 0 heterocycles. The fraction of sp³-hybridized carbons (Fsp3) is 0.700. The average molecular weight is 319 g/mol. The van der Waals surface area contributed by atoms with E-state index in [1.54, 1.807) is 0 Å². The van der Waals surface area contributed by atoms with Crippen molar-refractivity contribution < 1.29 is 4.74 Å². The summed E-state index contributed by atoms with van der Waals surface area (Å²) in [6.07, 6.45) is 2.43. The second-order valence-electron chi connectivity index (χ2n) is 8.35. The van der Waals surface area contributed by atoms with Crippen LogP contribution in [-0.4, -0.2) is 44.7 Å². The molecule has 0 aromatic heterocycles. The van der Waals surface area contributed by atoms with Gasteiger partial charge in [0.2, 0.25) is 0 Å². The molecule has 0 spiro atoms. The molecule has 0 aliphatic heterocycles. The van der Waals surface area contributed by atoms with Crippen molar-refractivity contribution in [3.05, 3.63) is 29.3 Å². The third kappa shape index (κ3) is 5.50. The van der Waals surface area contributed by atoms with Crippen LogP contribution < -0.4 is 10.1 Å². The lowest BCUT2D eigenvalue weighted by Gasteiger charge is -2.28. The maximum Gasteiger partial charge on any atom is 0.119 e. The zero-order valence-electron chi connectivity index (χ0n) is 15.8. The Bertz CT molecular complexity index is 508. The lowest BCUT2D eigenvalue weighted by Crippen LogP contribution is -2.33. The number of rotatable bonds is 8. The second-order valence-corrected chi connectivity index (χ2v) is 8.35. The van der Waals surface area contributed by atoms with E-state index in [2.05, 4.69) is 70.2 Å². The standard InChI is InChI=1S/C20H34N2O/c1-15(2)21-12-17-8-7-16-11-18(9-10-19(16)17)23-14-20(3,4)13-22(5)6/h9-11,15,17,21H,7-8,12-14H2,1-6H3. The fourth-order valence-corrected chi connectivity index (χ4v) is 3.54. The molecule has 1 aromatic rings. The molecule has 0 amide bonds. The molecule has 23 heavy (non-hydrogen) atoms. The van der Waals surface area contributed by atoms with Gasteiger partial charge < -0.3 is 15.0 Å². The highest BCUT2D eigenvalue weighted by Crippen LogP contribution is 2.35. The Labute approximate surface area is 142 Å².